The third-order valence-electron chi connectivity index (χ3n) is 5.73. The molecule has 2 N–H and O–H groups in total. The Bertz CT molecular complexity index is 1090. The highest BCUT2D eigenvalue weighted by Crippen LogP contribution is 2.27. The first-order valence-electron chi connectivity index (χ1n) is 9.56. The molecule has 0 bridgehead atoms. The molecular formula is C20H21N5O2. The zero-order valence-electron chi connectivity index (χ0n) is 15.0. The van der Waals surface area contributed by atoms with E-state index in [0.717, 1.165) is 24.0 Å². The number of hydrogen-bond acceptors (Lipinski definition) is 4. The van der Waals surface area contributed by atoms with Gasteiger partial charge in [-0.05, 0) is 36.5 Å². The summed E-state index contributed by atoms with van der Waals surface area (Å²) in [5.41, 5.74) is 4.28. The van der Waals surface area contributed by atoms with Crippen molar-refractivity contribution in [2.75, 3.05) is 0 Å². The molecule has 0 radical (unpaired) electrons. The van der Waals surface area contributed by atoms with Gasteiger partial charge in [0.25, 0.3) is 5.91 Å². The molecule has 3 aromatic rings. The number of benzene rings is 1. The van der Waals surface area contributed by atoms with Crippen molar-refractivity contribution in [1.29, 1.82) is 0 Å². The van der Waals surface area contributed by atoms with Crippen molar-refractivity contribution in [1.82, 2.24) is 24.8 Å². The molecule has 0 atom stereocenters. The molecule has 2 aromatic heterocycles. The smallest absolute Gasteiger partial charge is 0.328 e. The molecule has 7 nitrogen and oxygen atoms in total. The normalized spacial score (nSPS) is 17.3. The van der Waals surface area contributed by atoms with Gasteiger partial charge in [-0.2, -0.15) is 0 Å². The highest BCUT2D eigenvalue weighted by molar-refractivity contribution is 5.98. The minimum Gasteiger partial charge on any atom is -0.348 e. The van der Waals surface area contributed by atoms with Crippen LogP contribution in [-0.2, 0) is 13.1 Å². The molecule has 5 rings (SSSR count). The van der Waals surface area contributed by atoms with Gasteiger partial charge in [0.05, 0.1) is 11.9 Å². The Kier molecular flexibility index (Phi) is 3.81. The molecule has 1 aliphatic carbocycles. The van der Waals surface area contributed by atoms with Crippen molar-refractivity contribution in [2.24, 2.45) is 5.92 Å². The molecule has 0 spiro atoms. The average Bonchev–Trinajstić information content (AvgIpc) is 3.22. The largest absolute Gasteiger partial charge is 0.348 e. The van der Waals surface area contributed by atoms with Gasteiger partial charge in [-0.15, -0.1) is 0 Å². The van der Waals surface area contributed by atoms with Gasteiger partial charge >= 0.3 is 5.69 Å². The van der Waals surface area contributed by atoms with Gasteiger partial charge in [0.15, 0.2) is 11.3 Å². The van der Waals surface area contributed by atoms with E-state index in [1.807, 2.05) is 18.2 Å². The van der Waals surface area contributed by atoms with Gasteiger partial charge in [0.2, 0.25) is 0 Å². The summed E-state index contributed by atoms with van der Waals surface area (Å²) >= 11 is 0. The second kappa shape index (κ2) is 6.33. The van der Waals surface area contributed by atoms with Crippen molar-refractivity contribution in [2.45, 2.75) is 45.2 Å². The summed E-state index contributed by atoms with van der Waals surface area (Å²) in [6, 6.07) is 5.68. The number of carbonyl (C=O) groups excluding carboxylic acids is 1. The van der Waals surface area contributed by atoms with Crippen LogP contribution in [0.3, 0.4) is 0 Å². The lowest BCUT2D eigenvalue weighted by Gasteiger charge is -2.21. The van der Waals surface area contributed by atoms with Gasteiger partial charge in [-0.25, -0.2) is 14.8 Å². The molecule has 0 saturated heterocycles. The van der Waals surface area contributed by atoms with E-state index in [0.29, 0.717) is 41.6 Å². The fraction of sp³-hybridized carbons (Fsp3) is 0.400. The van der Waals surface area contributed by atoms with E-state index in [4.69, 9.17) is 4.98 Å². The second-order valence-electron chi connectivity index (χ2n) is 7.53. The number of hydrogen-bond donors (Lipinski definition) is 2. The van der Waals surface area contributed by atoms with Crippen LogP contribution < -0.4 is 11.0 Å². The highest BCUT2D eigenvalue weighted by atomic mass is 16.2. The Morgan fingerprint density at radius 2 is 2.00 bits per heavy atom. The van der Waals surface area contributed by atoms with E-state index in [1.165, 1.54) is 19.3 Å². The van der Waals surface area contributed by atoms with Crippen molar-refractivity contribution < 1.29 is 4.79 Å². The Balaban J connectivity index is 1.54. The predicted molar refractivity (Wildman–Crippen MR) is 101 cm³/mol. The second-order valence-corrected chi connectivity index (χ2v) is 7.53. The molecule has 1 aliphatic heterocycles. The van der Waals surface area contributed by atoms with E-state index in [-0.39, 0.29) is 11.6 Å². The van der Waals surface area contributed by atoms with Gasteiger partial charge in [0, 0.05) is 24.2 Å². The lowest BCUT2D eigenvalue weighted by Crippen LogP contribution is -2.23. The molecule has 2 aliphatic rings. The fourth-order valence-corrected chi connectivity index (χ4v) is 4.25. The number of imidazole rings is 1. The van der Waals surface area contributed by atoms with Crippen LogP contribution in [0, 0.1) is 5.92 Å². The SMILES string of the molecule is O=C1NCc2cc(-c3cnc4[nH]c(=O)n(CC5CCCCC5)c4n3)ccc21. The molecule has 1 saturated carbocycles. The minimum absolute atomic E-state index is 0.0370. The van der Waals surface area contributed by atoms with Crippen LogP contribution in [0.4, 0.5) is 0 Å². The Morgan fingerprint density at radius 3 is 2.85 bits per heavy atom. The van der Waals surface area contributed by atoms with Crippen LogP contribution in [0.5, 0.6) is 0 Å². The summed E-state index contributed by atoms with van der Waals surface area (Å²) < 4.78 is 1.74. The number of fused-ring (bicyclic) bond motifs is 2. The van der Waals surface area contributed by atoms with Gasteiger partial charge in [0.1, 0.15) is 0 Å². The first-order valence-corrected chi connectivity index (χ1v) is 9.56. The summed E-state index contributed by atoms with van der Waals surface area (Å²) in [5.74, 6) is 0.489. The van der Waals surface area contributed by atoms with Crippen LogP contribution in [0.2, 0.25) is 0 Å². The third kappa shape index (κ3) is 2.83. The summed E-state index contributed by atoms with van der Waals surface area (Å²) in [4.78, 5) is 36.2. The van der Waals surface area contributed by atoms with E-state index in [1.54, 1.807) is 10.8 Å². The topological polar surface area (TPSA) is 92.7 Å². The predicted octanol–water partition coefficient (Wildman–Crippen LogP) is 2.61. The standard InChI is InChI=1S/C20H21N5O2/c26-19-15-7-6-13(8-14(15)9-22-19)16-10-21-17-18(23-16)25(20(27)24-17)11-12-4-2-1-3-5-12/h6-8,10,12H,1-5,9,11H2,(H,22,26)(H,21,24,27). The van der Waals surface area contributed by atoms with Gasteiger partial charge in [-0.3, -0.25) is 14.3 Å². The lowest BCUT2D eigenvalue weighted by molar-refractivity contribution is 0.0966. The van der Waals surface area contributed by atoms with Gasteiger partial charge < -0.3 is 5.32 Å². The van der Waals surface area contributed by atoms with Crippen molar-refractivity contribution in [3.05, 3.63) is 46.0 Å². The molecule has 7 heteroatoms. The number of amides is 1. The van der Waals surface area contributed by atoms with E-state index < -0.39 is 0 Å². The van der Waals surface area contributed by atoms with E-state index >= 15 is 0 Å². The number of aromatic amines is 1. The number of nitrogens with zero attached hydrogens (tertiary/aromatic N) is 3. The van der Waals surface area contributed by atoms with Crippen LogP contribution in [0.1, 0.15) is 48.0 Å². The quantitative estimate of drug-likeness (QED) is 0.748. The molecule has 1 amide bonds. The monoisotopic (exact) mass is 363 g/mol. The molecule has 0 unspecified atom stereocenters. The molecule has 1 fully saturated rings. The third-order valence-corrected chi connectivity index (χ3v) is 5.73. The number of aromatic nitrogens is 4. The Hall–Kier alpha value is -2.96. The van der Waals surface area contributed by atoms with Crippen LogP contribution >= 0.6 is 0 Å². The van der Waals surface area contributed by atoms with Crippen LogP contribution in [0.25, 0.3) is 22.6 Å². The number of nitrogens with one attached hydrogen (secondary N) is 2. The van der Waals surface area contributed by atoms with Crippen molar-refractivity contribution >= 4 is 17.2 Å². The molecule has 1 aromatic carbocycles. The van der Waals surface area contributed by atoms with E-state index in [2.05, 4.69) is 15.3 Å². The summed E-state index contributed by atoms with van der Waals surface area (Å²) in [6.45, 7) is 1.23. The molecule has 3 heterocycles. The molecular weight excluding hydrogens is 342 g/mol. The summed E-state index contributed by atoms with van der Waals surface area (Å²) in [7, 11) is 0. The van der Waals surface area contributed by atoms with Gasteiger partial charge in [-0.1, -0.05) is 25.3 Å². The van der Waals surface area contributed by atoms with Crippen molar-refractivity contribution in [3.63, 3.8) is 0 Å². The maximum Gasteiger partial charge on any atom is 0.328 e. The zero-order chi connectivity index (χ0) is 18.4. The first-order chi connectivity index (χ1) is 13.2. The lowest BCUT2D eigenvalue weighted by atomic mass is 9.89. The Morgan fingerprint density at radius 1 is 1.15 bits per heavy atom. The number of H-pyrrole nitrogens is 1. The molecule has 27 heavy (non-hydrogen) atoms. The average molecular weight is 363 g/mol. The maximum atomic E-state index is 12.4. The molecule has 138 valence electrons. The number of carbonyl (C=O) groups is 1. The van der Waals surface area contributed by atoms with Crippen molar-refractivity contribution in [3.8, 4) is 11.3 Å². The Labute approximate surface area is 155 Å². The summed E-state index contributed by atoms with van der Waals surface area (Å²) in [6.07, 6.45) is 7.77. The number of rotatable bonds is 3. The summed E-state index contributed by atoms with van der Waals surface area (Å²) in [5, 5.41) is 2.83. The minimum atomic E-state index is -0.142. The zero-order valence-corrected chi connectivity index (χ0v) is 15.0. The maximum absolute atomic E-state index is 12.4. The highest BCUT2D eigenvalue weighted by Gasteiger charge is 2.21. The van der Waals surface area contributed by atoms with Crippen LogP contribution in [-0.4, -0.2) is 25.4 Å². The first kappa shape index (κ1) is 16.2. The van der Waals surface area contributed by atoms with Crippen LogP contribution in [0.15, 0.2) is 29.2 Å². The fourth-order valence-electron chi connectivity index (χ4n) is 4.25. The van der Waals surface area contributed by atoms with E-state index in [9.17, 15) is 9.59 Å².